The second kappa shape index (κ2) is 8.39. The predicted molar refractivity (Wildman–Crippen MR) is 116 cm³/mol. The molecule has 1 unspecified atom stereocenters. The van der Waals surface area contributed by atoms with Gasteiger partial charge in [-0.3, -0.25) is 4.99 Å². The Morgan fingerprint density at radius 1 is 1.15 bits per heavy atom. The number of allylic oxidation sites excluding steroid dienone is 2. The zero-order valence-corrected chi connectivity index (χ0v) is 17.0. The quantitative estimate of drug-likeness (QED) is 0.517. The maximum Gasteiger partial charge on any atom is 0.140 e. The number of hydrogen-bond acceptors (Lipinski definition) is 2. The molecular weight excluding hydrogens is 330 g/mol. The molecule has 0 saturated heterocycles. The van der Waals surface area contributed by atoms with Gasteiger partial charge in [-0.15, -0.1) is 0 Å². The predicted octanol–water partition coefficient (Wildman–Crippen LogP) is 7.21. The Labute approximate surface area is 163 Å². The third-order valence-corrected chi connectivity index (χ3v) is 5.01. The van der Waals surface area contributed by atoms with E-state index in [0.717, 1.165) is 23.6 Å². The van der Waals surface area contributed by atoms with Crippen LogP contribution in [0.2, 0.25) is 0 Å². The highest BCUT2D eigenvalue weighted by atomic mass is 16.5. The Morgan fingerprint density at radius 3 is 2.56 bits per heavy atom. The van der Waals surface area contributed by atoms with Crippen LogP contribution in [0, 0.1) is 0 Å². The molecule has 2 aromatic rings. The molecule has 3 rings (SSSR count). The smallest absolute Gasteiger partial charge is 0.140 e. The molecule has 0 spiro atoms. The molecule has 2 heteroatoms. The minimum atomic E-state index is 0.0347. The molecule has 1 aliphatic heterocycles. The van der Waals surface area contributed by atoms with Gasteiger partial charge in [-0.25, -0.2) is 0 Å². The van der Waals surface area contributed by atoms with Gasteiger partial charge < -0.3 is 4.74 Å². The second-order valence-corrected chi connectivity index (χ2v) is 7.50. The Morgan fingerprint density at radius 2 is 1.89 bits per heavy atom. The van der Waals surface area contributed by atoms with E-state index in [0.29, 0.717) is 5.92 Å². The summed E-state index contributed by atoms with van der Waals surface area (Å²) in [6, 6.07) is 17.1. The van der Waals surface area contributed by atoms with E-state index in [1.807, 2.05) is 19.1 Å². The van der Waals surface area contributed by atoms with Crippen LogP contribution in [0.1, 0.15) is 52.5 Å². The van der Waals surface area contributed by atoms with Crippen LogP contribution >= 0.6 is 0 Å². The summed E-state index contributed by atoms with van der Waals surface area (Å²) in [5.74, 6) is 1.42. The van der Waals surface area contributed by atoms with Crippen LogP contribution in [0.4, 0.5) is 5.69 Å². The summed E-state index contributed by atoms with van der Waals surface area (Å²) in [5.41, 5.74) is 7.17. The Hall–Kier alpha value is -2.61. The van der Waals surface area contributed by atoms with Crippen molar-refractivity contribution in [2.24, 2.45) is 4.99 Å². The van der Waals surface area contributed by atoms with Gasteiger partial charge >= 0.3 is 0 Å². The summed E-state index contributed by atoms with van der Waals surface area (Å²) in [6.45, 7) is 10.7. The molecule has 0 N–H and O–H groups in total. The SMILES string of the molecule is CC=CC1=C(C)CC(C(C)=Nc2ccc(-c3ccccc3)c(C(C)C)c2)O1. The van der Waals surface area contributed by atoms with Gasteiger partial charge in [0.15, 0.2) is 0 Å². The average molecular weight is 360 g/mol. The van der Waals surface area contributed by atoms with E-state index >= 15 is 0 Å². The highest BCUT2D eigenvalue weighted by Gasteiger charge is 2.24. The minimum Gasteiger partial charge on any atom is -0.484 e. The number of nitrogens with zero attached hydrogens (tertiary/aromatic N) is 1. The zero-order valence-electron chi connectivity index (χ0n) is 17.0. The van der Waals surface area contributed by atoms with E-state index in [-0.39, 0.29) is 6.10 Å². The van der Waals surface area contributed by atoms with Crippen LogP contribution in [0.25, 0.3) is 11.1 Å². The standard InChI is InChI=1S/C25H29NO/c1-6-10-24-18(4)15-25(27-24)19(5)26-21-13-14-22(23(16-21)17(2)3)20-11-8-7-9-12-20/h6-14,16-17,25H,15H2,1-5H3. The summed E-state index contributed by atoms with van der Waals surface area (Å²) >= 11 is 0. The number of rotatable bonds is 5. The third-order valence-electron chi connectivity index (χ3n) is 5.01. The molecule has 1 heterocycles. The molecule has 0 aromatic heterocycles. The van der Waals surface area contributed by atoms with Crippen molar-refractivity contribution in [3.8, 4) is 11.1 Å². The normalized spacial score (nSPS) is 17.9. The Balaban J connectivity index is 1.88. The molecule has 1 aliphatic rings. The first kappa shape index (κ1) is 19.2. The van der Waals surface area contributed by atoms with Crippen molar-refractivity contribution >= 4 is 11.4 Å². The van der Waals surface area contributed by atoms with Crippen LogP contribution in [0.3, 0.4) is 0 Å². The first-order valence-corrected chi connectivity index (χ1v) is 9.73. The van der Waals surface area contributed by atoms with Crippen LogP contribution < -0.4 is 0 Å². The van der Waals surface area contributed by atoms with E-state index in [9.17, 15) is 0 Å². The van der Waals surface area contributed by atoms with Crippen molar-refractivity contribution in [1.29, 1.82) is 0 Å². The molecule has 27 heavy (non-hydrogen) atoms. The van der Waals surface area contributed by atoms with Gasteiger partial charge in [-0.2, -0.15) is 0 Å². The summed E-state index contributed by atoms with van der Waals surface area (Å²) in [5, 5.41) is 0. The van der Waals surface area contributed by atoms with Crippen LogP contribution in [-0.4, -0.2) is 11.8 Å². The van der Waals surface area contributed by atoms with Gasteiger partial charge in [0, 0.05) is 6.42 Å². The fraction of sp³-hybridized carbons (Fsp3) is 0.320. The maximum absolute atomic E-state index is 6.08. The molecule has 0 fully saturated rings. The second-order valence-electron chi connectivity index (χ2n) is 7.50. The van der Waals surface area contributed by atoms with Crippen molar-refractivity contribution in [3.05, 3.63) is 77.6 Å². The lowest BCUT2D eigenvalue weighted by Gasteiger charge is -2.15. The van der Waals surface area contributed by atoms with E-state index in [4.69, 9.17) is 9.73 Å². The van der Waals surface area contributed by atoms with E-state index in [1.54, 1.807) is 0 Å². The Bertz CT molecular complexity index is 888. The lowest BCUT2D eigenvalue weighted by molar-refractivity contribution is 0.208. The van der Waals surface area contributed by atoms with Gasteiger partial charge in [-0.05, 0) is 67.2 Å². The van der Waals surface area contributed by atoms with Gasteiger partial charge in [-0.1, -0.05) is 56.3 Å². The summed E-state index contributed by atoms with van der Waals surface area (Å²) in [7, 11) is 0. The van der Waals surface area contributed by atoms with Gasteiger partial charge in [0.1, 0.15) is 11.9 Å². The lowest BCUT2D eigenvalue weighted by Crippen LogP contribution is -2.16. The van der Waals surface area contributed by atoms with Crippen LogP contribution in [-0.2, 0) is 4.74 Å². The van der Waals surface area contributed by atoms with E-state index in [1.165, 1.54) is 22.3 Å². The van der Waals surface area contributed by atoms with Gasteiger partial charge in [0.2, 0.25) is 0 Å². The molecule has 0 saturated carbocycles. The summed E-state index contributed by atoms with van der Waals surface area (Å²) < 4.78 is 6.08. The first-order valence-electron chi connectivity index (χ1n) is 9.73. The third kappa shape index (κ3) is 4.39. The topological polar surface area (TPSA) is 21.6 Å². The van der Waals surface area contributed by atoms with E-state index < -0.39 is 0 Å². The molecule has 0 radical (unpaired) electrons. The molecule has 0 bridgehead atoms. The number of ether oxygens (including phenoxy) is 1. The largest absolute Gasteiger partial charge is 0.484 e. The fourth-order valence-electron chi connectivity index (χ4n) is 3.49. The van der Waals surface area contributed by atoms with Crippen LogP contribution in [0.5, 0.6) is 0 Å². The molecule has 0 aliphatic carbocycles. The molecule has 140 valence electrons. The van der Waals surface area contributed by atoms with Crippen molar-refractivity contribution in [3.63, 3.8) is 0 Å². The van der Waals surface area contributed by atoms with Crippen molar-refractivity contribution in [1.82, 2.24) is 0 Å². The summed E-state index contributed by atoms with van der Waals surface area (Å²) in [4.78, 5) is 4.89. The first-order chi connectivity index (χ1) is 13.0. The fourth-order valence-corrected chi connectivity index (χ4v) is 3.49. The summed E-state index contributed by atoms with van der Waals surface area (Å²) in [6.07, 6.45) is 5.00. The number of benzene rings is 2. The van der Waals surface area contributed by atoms with Crippen molar-refractivity contribution < 1.29 is 4.74 Å². The highest BCUT2D eigenvalue weighted by Crippen LogP contribution is 2.33. The Kier molecular flexibility index (Phi) is 5.95. The zero-order chi connectivity index (χ0) is 19.4. The number of hydrogen-bond donors (Lipinski definition) is 0. The highest BCUT2D eigenvalue weighted by molar-refractivity contribution is 5.90. The minimum absolute atomic E-state index is 0.0347. The molecule has 1 atom stereocenters. The molecular formula is C25H29NO. The monoisotopic (exact) mass is 359 g/mol. The molecule has 0 amide bonds. The molecule has 2 aromatic carbocycles. The van der Waals surface area contributed by atoms with Crippen molar-refractivity contribution in [2.75, 3.05) is 0 Å². The van der Waals surface area contributed by atoms with E-state index in [2.05, 4.69) is 76.2 Å². The van der Waals surface area contributed by atoms with Gasteiger partial charge in [0.25, 0.3) is 0 Å². The van der Waals surface area contributed by atoms with Crippen LogP contribution in [0.15, 0.2) is 77.0 Å². The molecule has 2 nitrogen and oxygen atoms in total. The average Bonchev–Trinajstić information content (AvgIpc) is 3.03. The number of aliphatic imine (C=N–C) groups is 1. The lowest BCUT2D eigenvalue weighted by atomic mass is 9.92. The maximum atomic E-state index is 6.08. The van der Waals surface area contributed by atoms with Crippen molar-refractivity contribution in [2.45, 2.75) is 53.1 Å². The van der Waals surface area contributed by atoms with Gasteiger partial charge in [0.05, 0.1) is 11.4 Å².